The highest BCUT2D eigenvalue weighted by atomic mass is 79.9. The van der Waals surface area contributed by atoms with Gasteiger partial charge in [0.05, 0.1) is 41.3 Å². The van der Waals surface area contributed by atoms with Gasteiger partial charge in [-0.25, -0.2) is 0 Å². The number of pyridine rings is 2. The first-order valence-electron chi connectivity index (χ1n) is 16.1. The van der Waals surface area contributed by atoms with Gasteiger partial charge in [0.2, 0.25) is 23.5 Å². The van der Waals surface area contributed by atoms with Gasteiger partial charge in [-0.15, -0.1) is 0 Å². The normalized spacial score (nSPS) is 11.6. The molecular weight excluding hydrogens is 783 g/mol. The lowest BCUT2D eigenvalue weighted by Crippen LogP contribution is -2.28. The van der Waals surface area contributed by atoms with Gasteiger partial charge in [0, 0.05) is 65.5 Å². The molecule has 13 nitrogen and oxygen atoms in total. The van der Waals surface area contributed by atoms with Crippen LogP contribution in [0.2, 0.25) is 10.0 Å². The number of methoxy groups -OCH3 is 2. The van der Waals surface area contributed by atoms with Crippen LogP contribution >= 0.6 is 39.1 Å². The highest BCUT2D eigenvalue weighted by Gasteiger charge is 2.18. The molecule has 278 valence electrons. The summed E-state index contributed by atoms with van der Waals surface area (Å²) in [5, 5.41) is 34.6. The molecule has 2 heterocycles. The number of carbonyl (C=O) groups is 2. The van der Waals surface area contributed by atoms with E-state index in [1.54, 1.807) is 12.1 Å². The highest BCUT2D eigenvalue weighted by molar-refractivity contribution is 9.10. The molecule has 0 aliphatic rings. The Morgan fingerprint density at radius 3 is 2.02 bits per heavy atom. The first kappa shape index (κ1) is 40.6. The second-order valence-corrected chi connectivity index (χ2v) is 13.1. The molecule has 0 radical (unpaired) electrons. The van der Waals surface area contributed by atoms with Crippen molar-refractivity contribution in [1.29, 1.82) is 0 Å². The lowest BCUT2D eigenvalue weighted by atomic mass is 10.0. The minimum atomic E-state index is -1.08. The van der Waals surface area contributed by atoms with E-state index in [9.17, 15) is 14.7 Å². The summed E-state index contributed by atoms with van der Waals surface area (Å²) in [7, 11) is 3.00. The Kier molecular flexibility index (Phi) is 15.7. The minimum absolute atomic E-state index is 0.0827. The van der Waals surface area contributed by atoms with Crippen molar-refractivity contribution in [2.45, 2.75) is 51.7 Å². The maximum Gasteiger partial charge on any atom is 0.306 e. The molecule has 0 spiro atoms. The maximum absolute atomic E-state index is 10.8. The standard InChI is InChI=1S/C36H39BrCl2N4O9/c1-49-34-21(16-40-13-5-10-30(45)46)11-12-29(42-34)51-19-22-6-3-8-26(32(22)38)27-9-4-7-23(33(27)39)20-52-36-28(37)14-24(35(43-36)50-2)17-41-18-25(44)15-31(47)48/h3-4,6-9,11-12,14,25,40-41,44H,5,10,13,15-20H2,1-2H3,(H,45,46)(H,47,48)/t25-/m0/s1. The van der Waals surface area contributed by atoms with Crippen molar-refractivity contribution in [2.75, 3.05) is 27.3 Å². The molecule has 0 fully saturated rings. The number of carboxylic acids is 2. The Balaban J connectivity index is 1.41. The molecule has 4 rings (SSSR count). The van der Waals surface area contributed by atoms with E-state index in [4.69, 9.17) is 52.4 Å². The molecule has 52 heavy (non-hydrogen) atoms. The van der Waals surface area contributed by atoms with Crippen molar-refractivity contribution >= 4 is 51.1 Å². The van der Waals surface area contributed by atoms with Crippen molar-refractivity contribution in [3.8, 4) is 34.6 Å². The number of hydrogen-bond donors (Lipinski definition) is 5. The number of halogens is 3. The fourth-order valence-corrected chi connectivity index (χ4v) is 6.12. The summed E-state index contributed by atoms with van der Waals surface area (Å²) >= 11 is 17.3. The molecule has 5 N–H and O–H groups in total. The summed E-state index contributed by atoms with van der Waals surface area (Å²) in [5.41, 5.74) is 4.29. The van der Waals surface area contributed by atoms with Crippen LogP contribution in [0.4, 0.5) is 0 Å². The van der Waals surface area contributed by atoms with Crippen LogP contribution in [-0.2, 0) is 35.9 Å². The van der Waals surface area contributed by atoms with E-state index >= 15 is 0 Å². The first-order chi connectivity index (χ1) is 25.0. The molecule has 1 atom stereocenters. The van der Waals surface area contributed by atoms with Crippen LogP contribution in [0.5, 0.6) is 23.5 Å². The number of hydrogen-bond acceptors (Lipinski definition) is 11. The topological polar surface area (TPSA) is 182 Å². The molecule has 0 aliphatic heterocycles. The van der Waals surface area contributed by atoms with Crippen LogP contribution < -0.4 is 29.6 Å². The Bertz CT molecular complexity index is 1850. The number of aromatic nitrogens is 2. The maximum atomic E-state index is 10.8. The number of aliphatic hydroxyl groups excluding tert-OH is 1. The molecule has 0 saturated heterocycles. The fraction of sp³-hybridized carbons (Fsp3) is 0.333. The summed E-state index contributed by atoms with van der Waals surface area (Å²) in [6.07, 6.45) is -0.777. The summed E-state index contributed by atoms with van der Waals surface area (Å²) in [4.78, 5) is 30.4. The van der Waals surface area contributed by atoms with Crippen LogP contribution in [0.15, 0.2) is 59.1 Å². The van der Waals surface area contributed by atoms with Gasteiger partial charge in [0.1, 0.15) is 13.2 Å². The third kappa shape index (κ3) is 11.7. The largest absolute Gasteiger partial charge is 0.481 e. The minimum Gasteiger partial charge on any atom is -0.481 e. The van der Waals surface area contributed by atoms with Gasteiger partial charge in [-0.2, -0.15) is 9.97 Å². The van der Waals surface area contributed by atoms with Crippen LogP contribution in [0.25, 0.3) is 11.1 Å². The molecule has 0 bridgehead atoms. The van der Waals surface area contributed by atoms with Gasteiger partial charge in [0.25, 0.3) is 0 Å². The highest BCUT2D eigenvalue weighted by Crippen LogP contribution is 2.38. The van der Waals surface area contributed by atoms with E-state index in [1.165, 1.54) is 14.2 Å². The number of aliphatic carboxylic acids is 2. The van der Waals surface area contributed by atoms with Gasteiger partial charge in [-0.1, -0.05) is 59.6 Å². The Morgan fingerprint density at radius 2 is 1.40 bits per heavy atom. The van der Waals surface area contributed by atoms with E-state index in [2.05, 4.69) is 36.5 Å². The van der Waals surface area contributed by atoms with E-state index in [0.717, 1.165) is 5.56 Å². The summed E-state index contributed by atoms with van der Waals surface area (Å²) < 4.78 is 23.5. The fourth-order valence-electron chi connectivity index (χ4n) is 5.07. The summed E-state index contributed by atoms with van der Waals surface area (Å²) in [6, 6.07) is 16.5. The third-order valence-electron chi connectivity index (χ3n) is 7.64. The second kappa shape index (κ2) is 20.2. The molecule has 0 saturated carbocycles. The summed E-state index contributed by atoms with van der Waals surface area (Å²) in [6.45, 7) is 1.59. The zero-order valence-corrected chi connectivity index (χ0v) is 31.6. The smallest absolute Gasteiger partial charge is 0.306 e. The Hall–Kier alpha value is -4.18. The SMILES string of the molecule is COc1nc(OCc2cccc(-c3cccc(COc4nc(OC)c(CNC[C@@H](O)CC(=O)O)cc4Br)c3Cl)c2Cl)ccc1CNCCCC(=O)O. The van der Waals surface area contributed by atoms with Crippen molar-refractivity contribution < 1.29 is 43.9 Å². The van der Waals surface area contributed by atoms with Crippen LogP contribution in [0.3, 0.4) is 0 Å². The number of ether oxygens (including phenoxy) is 4. The second-order valence-electron chi connectivity index (χ2n) is 11.5. The molecule has 2 aromatic heterocycles. The van der Waals surface area contributed by atoms with Crippen molar-refractivity contribution in [3.05, 3.63) is 91.4 Å². The molecular formula is C36H39BrCl2N4O9. The molecule has 0 aliphatic carbocycles. The van der Waals surface area contributed by atoms with E-state index in [1.807, 2.05) is 42.5 Å². The molecule has 16 heteroatoms. The Morgan fingerprint density at radius 1 is 0.788 bits per heavy atom. The van der Waals surface area contributed by atoms with Gasteiger partial charge >= 0.3 is 11.9 Å². The predicted molar refractivity (Wildman–Crippen MR) is 198 cm³/mol. The van der Waals surface area contributed by atoms with E-state index in [0.29, 0.717) is 79.5 Å². The number of nitrogens with zero attached hydrogens (tertiary/aromatic N) is 2. The monoisotopic (exact) mass is 820 g/mol. The zero-order valence-electron chi connectivity index (χ0n) is 28.5. The zero-order chi connectivity index (χ0) is 37.6. The third-order valence-corrected chi connectivity index (χ3v) is 9.10. The molecule has 0 amide bonds. The van der Waals surface area contributed by atoms with Gasteiger partial charge in [-0.3, -0.25) is 9.59 Å². The summed E-state index contributed by atoms with van der Waals surface area (Å²) in [5.74, 6) is -0.590. The first-order valence-corrected chi connectivity index (χ1v) is 17.7. The van der Waals surface area contributed by atoms with Crippen LogP contribution in [-0.4, -0.2) is 70.6 Å². The molecule has 0 unspecified atom stereocenters. The van der Waals surface area contributed by atoms with Crippen LogP contribution in [0, 0.1) is 0 Å². The lowest BCUT2D eigenvalue weighted by Gasteiger charge is -2.16. The van der Waals surface area contributed by atoms with E-state index in [-0.39, 0.29) is 45.0 Å². The number of carboxylic acid groups (broad SMARTS) is 2. The number of rotatable bonds is 21. The average molecular weight is 823 g/mol. The number of benzene rings is 2. The van der Waals surface area contributed by atoms with Crippen molar-refractivity contribution in [1.82, 2.24) is 20.6 Å². The van der Waals surface area contributed by atoms with Gasteiger partial charge < -0.3 is 44.9 Å². The number of aliphatic hydroxyl groups is 1. The number of nitrogens with one attached hydrogen (secondary N) is 2. The van der Waals surface area contributed by atoms with Crippen molar-refractivity contribution in [3.63, 3.8) is 0 Å². The molecule has 4 aromatic rings. The van der Waals surface area contributed by atoms with Gasteiger partial charge in [-0.05, 0) is 41.0 Å². The van der Waals surface area contributed by atoms with E-state index < -0.39 is 18.0 Å². The molecule has 2 aromatic carbocycles. The Labute approximate surface area is 319 Å². The van der Waals surface area contributed by atoms with Crippen LogP contribution in [0.1, 0.15) is 41.5 Å². The lowest BCUT2D eigenvalue weighted by molar-refractivity contribution is -0.139. The van der Waals surface area contributed by atoms with Crippen molar-refractivity contribution in [2.24, 2.45) is 0 Å². The van der Waals surface area contributed by atoms with Gasteiger partial charge in [0.15, 0.2) is 0 Å². The average Bonchev–Trinajstić information content (AvgIpc) is 3.11. The predicted octanol–water partition coefficient (Wildman–Crippen LogP) is 6.27. The quantitative estimate of drug-likeness (QED) is 0.0595.